The van der Waals surface area contributed by atoms with Gasteiger partial charge in [-0.2, -0.15) is 0 Å². The maximum absolute atomic E-state index is 11.1. The summed E-state index contributed by atoms with van der Waals surface area (Å²) >= 11 is 0. The van der Waals surface area contributed by atoms with E-state index in [1.807, 2.05) is 13.8 Å². The fourth-order valence-corrected chi connectivity index (χ4v) is 1.39. The van der Waals surface area contributed by atoms with Crippen molar-refractivity contribution in [2.24, 2.45) is 0 Å². The van der Waals surface area contributed by atoms with E-state index in [4.69, 9.17) is 0 Å². The largest absolute Gasteiger partial charge is 0.508 e. The van der Waals surface area contributed by atoms with E-state index in [-0.39, 0.29) is 17.2 Å². The molecule has 16 heavy (non-hydrogen) atoms. The highest BCUT2D eigenvalue weighted by atomic mass is 16.5. The van der Waals surface area contributed by atoms with Gasteiger partial charge in [-0.1, -0.05) is 26.0 Å². The number of hydrogen-bond donors (Lipinski definition) is 2. The highest BCUT2D eigenvalue weighted by molar-refractivity contribution is 5.77. The molecule has 1 atom stereocenters. The topological polar surface area (TPSA) is 66.8 Å². The number of aliphatic hydroxyl groups is 1. The number of carbonyl (C=O) groups excluding carboxylic acids is 1. The molecule has 0 saturated carbocycles. The van der Waals surface area contributed by atoms with Crippen molar-refractivity contribution in [2.45, 2.75) is 25.9 Å². The van der Waals surface area contributed by atoms with Gasteiger partial charge in [0.1, 0.15) is 5.75 Å². The van der Waals surface area contributed by atoms with Gasteiger partial charge in [0.15, 0.2) is 6.10 Å². The van der Waals surface area contributed by atoms with Gasteiger partial charge in [-0.05, 0) is 17.5 Å². The van der Waals surface area contributed by atoms with Gasteiger partial charge in [-0.3, -0.25) is 0 Å². The van der Waals surface area contributed by atoms with E-state index in [2.05, 4.69) is 4.74 Å². The third-order valence-corrected chi connectivity index (χ3v) is 2.44. The first-order valence-corrected chi connectivity index (χ1v) is 5.06. The van der Waals surface area contributed by atoms with E-state index in [1.165, 1.54) is 13.2 Å². The third kappa shape index (κ3) is 2.52. The SMILES string of the molecule is COC(=O)C(O)c1ccc(C(C)C)cc1O. The second kappa shape index (κ2) is 4.99. The average molecular weight is 224 g/mol. The maximum Gasteiger partial charge on any atom is 0.339 e. The molecule has 0 aliphatic heterocycles. The van der Waals surface area contributed by atoms with Crippen molar-refractivity contribution in [3.8, 4) is 5.75 Å². The summed E-state index contributed by atoms with van der Waals surface area (Å²) in [5.41, 5.74) is 1.11. The Morgan fingerprint density at radius 1 is 1.38 bits per heavy atom. The number of benzene rings is 1. The Balaban J connectivity index is 3.03. The molecule has 2 N–H and O–H groups in total. The molecule has 0 aliphatic carbocycles. The number of carbonyl (C=O) groups is 1. The lowest BCUT2D eigenvalue weighted by atomic mass is 9.99. The van der Waals surface area contributed by atoms with Gasteiger partial charge in [0, 0.05) is 5.56 Å². The molecule has 1 aromatic rings. The minimum atomic E-state index is -1.44. The van der Waals surface area contributed by atoms with Crippen LogP contribution in [-0.2, 0) is 9.53 Å². The molecule has 0 spiro atoms. The second-order valence-corrected chi connectivity index (χ2v) is 3.90. The van der Waals surface area contributed by atoms with E-state index in [0.717, 1.165) is 5.56 Å². The molecule has 4 nitrogen and oxygen atoms in total. The lowest BCUT2D eigenvalue weighted by Gasteiger charge is -2.13. The molecule has 0 saturated heterocycles. The van der Waals surface area contributed by atoms with Crippen LogP contribution in [0.4, 0.5) is 0 Å². The molecule has 88 valence electrons. The number of ether oxygens (including phenoxy) is 1. The number of aromatic hydroxyl groups is 1. The highest BCUT2D eigenvalue weighted by Gasteiger charge is 2.21. The van der Waals surface area contributed by atoms with E-state index < -0.39 is 12.1 Å². The van der Waals surface area contributed by atoms with E-state index in [0.29, 0.717) is 0 Å². The first-order chi connectivity index (χ1) is 7.47. The zero-order valence-corrected chi connectivity index (χ0v) is 9.60. The van der Waals surface area contributed by atoms with Crippen LogP contribution in [0.5, 0.6) is 5.75 Å². The highest BCUT2D eigenvalue weighted by Crippen LogP contribution is 2.28. The Morgan fingerprint density at radius 3 is 2.44 bits per heavy atom. The van der Waals surface area contributed by atoms with Crippen LogP contribution in [0.25, 0.3) is 0 Å². The molecule has 4 heteroatoms. The second-order valence-electron chi connectivity index (χ2n) is 3.90. The minimum absolute atomic E-state index is 0.0934. The summed E-state index contributed by atoms with van der Waals surface area (Å²) in [7, 11) is 1.19. The summed E-state index contributed by atoms with van der Waals surface area (Å²) in [6.45, 7) is 3.98. The number of hydrogen-bond acceptors (Lipinski definition) is 4. The average Bonchev–Trinajstić information content (AvgIpc) is 2.26. The Morgan fingerprint density at radius 2 is 2.00 bits per heavy atom. The van der Waals surface area contributed by atoms with Crippen LogP contribution in [0.15, 0.2) is 18.2 Å². The summed E-state index contributed by atoms with van der Waals surface area (Å²) < 4.78 is 4.40. The summed E-state index contributed by atoms with van der Waals surface area (Å²) in [6.07, 6.45) is -1.44. The van der Waals surface area contributed by atoms with Crippen LogP contribution in [0.1, 0.15) is 37.0 Å². The number of phenols is 1. The van der Waals surface area contributed by atoms with Gasteiger partial charge >= 0.3 is 5.97 Å². The fraction of sp³-hybridized carbons (Fsp3) is 0.417. The summed E-state index contributed by atoms with van der Waals surface area (Å²) in [4.78, 5) is 11.1. The van der Waals surface area contributed by atoms with Gasteiger partial charge in [0.05, 0.1) is 7.11 Å². The molecule has 0 amide bonds. The van der Waals surface area contributed by atoms with E-state index in [9.17, 15) is 15.0 Å². The smallest absolute Gasteiger partial charge is 0.339 e. The van der Waals surface area contributed by atoms with Gasteiger partial charge in [0.2, 0.25) is 0 Å². The van der Waals surface area contributed by atoms with Crippen LogP contribution >= 0.6 is 0 Å². The van der Waals surface area contributed by atoms with Crippen molar-refractivity contribution < 1.29 is 19.7 Å². The molecule has 0 heterocycles. The molecule has 0 bridgehead atoms. The monoisotopic (exact) mass is 224 g/mol. The number of esters is 1. The first kappa shape index (κ1) is 12.5. The molecule has 0 aliphatic rings. The Bertz CT molecular complexity index is 385. The van der Waals surface area contributed by atoms with Crippen LogP contribution in [0.3, 0.4) is 0 Å². The molecule has 1 aromatic carbocycles. The van der Waals surface area contributed by atoms with Crippen molar-refractivity contribution in [1.82, 2.24) is 0 Å². The lowest BCUT2D eigenvalue weighted by molar-refractivity contribution is -0.150. The minimum Gasteiger partial charge on any atom is -0.508 e. The van der Waals surface area contributed by atoms with Gasteiger partial charge < -0.3 is 14.9 Å². The zero-order chi connectivity index (χ0) is 12.3. The molecule has 0 aromatic heterocycles. The maximum atomic E-state index is 11.1. The molecule has 1 unspecified atom stereocenters. The third-order valence-electron chi connectivity index (χ3n) is 2.44. The summed E-state index contributed by atoms with van der Waals surface area (Å²) in [6, 6.07) is 4.85. The predicted octanol–water partition coefficient (Wildman–Crippen LogP) is 1.72. The number of phenolic OH excluding ortho intramolecular Hbond substituents is 1. The fourth-order valence-electron chi connectivity index (χ4n) is 1.39. The normalized spacial score (nSPS) is 12.6. The van der Waals surface area contributed by atoms with Crippen LogP contribution in [-0.4, -0.2) is 23.3 Å². The van der Waals surface area contributed by atoms with Gasteiger partial charge in [-0.25, -0.2) is 4.79 Å². The Labute approximate surface area is 94.5 Å². The van der Waals surface area contributed by atoms with Crippen molar-refractivity contribution in [3.63, 3.8) is 0 Å². The van der Waals surface area contributed by atoms with Gasteiger partial charge in [0.25, 0.3) is 0 Å². The number of rotatable bonds is 3. The van der Waals surface area contributed by atoms with Crippen molar-refractivity contribution in [2.75, 3.05) is 7.11 Å². The molecule has 1 rings (SSSR count). The predicted molar refractivity (Wildman–Crippen MR) is 59.2 cm³/mol. The number of methoxy groups -OCH3 is 1. The van der Waals surface area contributed by atoms with Crippen molar-refractivity contribution in [1.29, 1.82) is 0 Å². The van der Waals surface area contributed by atoms with Crippen LogP contribution in [0, 0.1) is 0 Å². The van der Waals surface area contributed by atoms with Crippen molar-refractivity contribution >= 4 is 5.97 Å². The van der Waals surface area contributed by atoms with Crippen LogP contribution in [0.2, 0.25) is 0 Å². The standard InChI is InChI=1S/C12H16O4/c1-7(2)8-4-5-9(10(13)6-8)11(14)12(15)16-3/h4-7,11,13-14H,1-3H3. The number of aliphatic hydroxyl groups excluding tert-OH is 1. The Kier molecular flexibility index (Phi) is 3.90. The van der Waals surface area contributed by atoms with E-state index >= 15 is 0 Å². The molecule has 0 radical (unpaired) electrons. The van der Waals surface area contributed by atoms with Crippen LogP contribution < -0.4 is 0 Å². The lowest BCUT2D eigenvalue weighted by Crippen LogP contribution is -2.13. The Hall–Kier alpha value is -1.55. The first-order valence-electron chi connectivity index (χ1n) is 5.06. The van der Waals surface area contributed by atoms with Gasteiger partial charge in [-0.15, -0.1) is 0 Å². The summed E-state index contributed by atoms with van der Waals surface area (Å²) in [5.74, 6) is -0.605. The molecule has 0 fully saturated rings. The van der Waals surface area contributed by atoms with E-state index in [1.54, 1.807) is 12.1 Å². The van der Waals surface area contributed by atoms with Crippen molar-refractivity contribution in [3.05, 3.63) is 29.3 Å². The zero-order valence-electron chi connectivity index (χ0n) is 9.60. The molecular formula is C12H16O4. The quantitative estimate of drug-likeness (QED) is 0.767. The molecular weight excluding hydrogens is 208 g/mol. The summed E-state index contributed by atoms with van der Waals surface area (Å²) in [5, 5.41) is 19.3.